The van der Waals surface area contributed by atoms with Gasteiger partial charge in [0.1, 0.15) is 0 Å². The van der Waals surface area contributed by atoms with Crippen LogP contribution in [0.15, 0.2) is 18.8 Å². The van der Waals surface area contributed by atoms with E-state index in [9.17, 15) is 0 Å². The van der Waals surface area contributed by atoms with E-state index in [1.807, 2.05) is 19.9 Å². The molecule has 1 N–H and O–H groups in total. The summed E-state index contributed by atoms with van der Waals surface area (Å²) in [6.45, 7) is 7.53. The number of hydrogen-bond acceptors (Lipinski definition) is 1. The summed E-state index contributed by atoms with van der Waals surface area (Å²) >= 11 is 0. The van der Waals surface area contributed by atoms with Crippen LogP contribution in [-0.4, -0.2) is 10.2 Å². The molecule has 0 unspecified atom stereocenters. The SMILES string of the molecule is C=Cc1ccn[nH]1.CC. The summed E-state index contributed by atoms with van der Waals surface area (Å²) < 4.78 is 0. The molecule has 1 aromatic heterocycles. The zero-order valence-corrected chi connectivity index (χ0v) is 5.89. The Bertz CT molecular complexity index is 142. The summed E-state index contributed by atoms with van der Waals surface area (Å²) in [5, 5.41) is 6.42. The lowest BCUT2D eigenvalue weighted by Gasteiger charge is -1.72. The van der Waals surface area contributed by atoms with Gasteiger partial charge in [0.05, 0.1) is 5.69 Å². The average molecular weight is 124 g/mol. The molecule has 0 spiro atoms. The van der Waals surface area contributed by atoms with Crippen molar-refractivity contribution in [3.63, 3.8) is 0 Å². The number of aromatic amines is 1. The van der Waals surface area contributed by atoms with E-state index < -0.39 is 0 Å². The van der Waals surface area contributed by atoms with Crippen molar-refractivity contribution in [2.24, 2.45) is 0 Å². The molecule has 0 bridgehead atoms. The highest BCUT2D eigenvalue weighted by atomic mass is 15.1. The Balaban J connectivity index is 0.000000291. The van der Waals surface area contributed by atoms with Gasteiger partial charge in [0, 0.05) is 6.20 Å². The van der Waals surface area contributed by atoms with Gasteiger partial charge in [-0.1, -0.05) is 20.4 Å². The minimum Gasteiger partial charge on any atom is -0.278 e. The maximum absolute atomic E-state index is 3.70. The standard InChI is InChI=1S/C5H6N2.C2H6/c1-2-5-3-4-6-7-5;1-2/h2-4H,1H2,(H,6,7);1-2H3. The molecule has 2 nitrogen and oxygen atoms in total. The molecule has 9 heavy (non-hydrogen) atoms. The third-order valence-corrected chi connectivity index (χ3v) is 0.742. The van der Waals surface area contributed by atoms with Gasteiger partial charge < -0.3 is 0 Å². The van der Waals surface area contributed by atoms with E-state index in [2.05, 4.69) is 16.8 Å². The maximum atomic E-state index is 3.70. The smallest absolute Gasteiger partial charge is 0.0571 e. The second-order valence-electron chi connectivity index (χ2n) is 1.22. The van der Waals surface area contributed by atoms with Gasteiger partial charge in [0.25, 0.3) is 0 Å². The molecule has 1 rings (SSSR count). The van der Waals surface area contributed by atoms with Crippen LogP contribution in [0.3, 0.4) is 0 Å². The highest BCUT2D eigenvalue weighted by Crippen LogP contribution is 1.89. The Kier molecular flexibility index (Phi) is 4.50. The normalized spacial score (nSPS) is 7.33. The van der Waals surface area contributed by atoms with Gasteiger partial charge in [-0.3, -0.25) is 5.10 Å². The molecule has 0 atom stereocenters. The topological polar surface area (TPSA) is 28.7 Å². The molecule has 1 aromatic rings. The van der Waals surface area contributed by atoms with E-state index in [0.717, 1.165) is 5.69 Å². The van der Waals surface area contributed by atoms with Crippen molar-refractivity contribution < 1.29 is 0 Å². The lowest BCUT2D eigenvalue weighted by Crippen LogP contribution is -1.66. The van der Waals surface area contributed by atoms with Gasteiger partial charge in [-0.15, -0.1) is 0 Å². The zero-order chi connectivity index (χ0) is 7.11. The van der Waals surface area contributed by atoms with Gasteiger partial charge in [0.2, 0.25) is 0 Å². The zero-order valence-electron chi connectivity index (χ0n) is 5.89. The molecule has 0 aliphatic carbocycles. The quantitative estimate of drug-likeness (QED) is 0.610. The Labute approximate surface area is 55.6 Å². The van der Waals surface area contributed by atoms with E-state index in [4.69, 9.17) is 0 Å². The molecular weight excluding hydrogens is 112 g/mol. The minimum atomic E-state index is 0.958. The molecule has 2 heteroatoms. The minimum absolute atomic E-state index is 0.958. The van der Waals surface area contributed by atoms with Gasteiger partial charge in [0.15, 0.2) is 0 Å². The molecule has 0 amide bonds. The average Bonchev–Trinajstić information content (AvgIpc) is 2.43. The number of nitrogens with one attached hydrogen (secondary N) is 1. The first-order valence-electron chi connectivity index (χ1n) is 3.05. The van der Waals surface area contributed by atoms with Crippen LogP contribution in [0.5, 0.6) is 0 Å². The Morgan fingerprint density at radius 2 is 2.33 bits per heavy atom. The van der Waals surface area contributed by atoms with Gasteiger partial charge in [-0.05, 0) is 12.1 Å². The van der Waals surface area contributed by atoms with Crippen LogP contribution >= 0.6 is 0 Å². The van der Waals surface area contributed by atoms with E-state index in [1.165, 1.54) is 0 Å². The van der Waals surface area contributed by atoms with Crippen LogP contribution < -0.4 is 0 Å². The molecule has 0 fully saturated rings. The molecule has 0 aliphatic rings. The molecule has 0 aromatic carbocycles. The Morgan fingerprint density at radius 1 is 1.67 bits per heavy atom. The second-order valence-corrected chi connectivity index (χ2v) is 1.22. The summed E-state index contributed by atoms with van der Waals surface area (Å²) in [4.78, 5) is 0. The highest BCUT2D eigenvalue weighted by molar-refractivity contribution is 5.39. The number of rotatable bonds is 1. The highest BCUT2D eigenvalue weighted by Gasteiger charge is 1.77. The monoisotopic (exact) mass is 124 g/mol. The van der Waals surface area contributed by atoms with Crippen molar-refractivity contribution in [3.05, 3.63) is 24.5 Å². The van der Waals surface area contributed by atoms with Gasteiger partial charge >= 0.3 is 0 Å². The molecule has 1 heterocycles. The van der Waals surface area contributed by atoms with Crippen LogP contribution in [0.4, 0.5) is 0 Å². The molecule has 0 aliphatic heterocycles. The fourth-order valence-electron chi connectivity index (χ4n) is 0.380. The molecule has 0 saturated heterocycles. The van der Waals surface area contributed by atoms with Crippen molar-refractivity contribution in [2.45, 2.75) is 13.8 Å². The van der Waals surface area contributed by atoms with Crippen molar-refractivity contribution in [1.29, 1.82) is 0 Å². The molecule has 0 radical (unpaired) electrons. The molecule has 0 saturated carbocycles. The Morgan fingerprint density at radius 3 is 2.56 bits per heavy atom. The van der Waals surface area contributed by atoms with Crippen molar-refractivity contribution in [3.8, 4) is 0 Å². The van der Waals surface area contributed by atoms with Crippen LogP contribution in [-0.2, 0) is 0 Å². The third kappa shape index (κ3) is 2.69. The van der Waals surface area contributed by atoms with Crippen LogP contribution in [0.25, 0.3) is 6.08 Å². The molecular formula is C7H12N2. The number of nitrogens with zero attached hydrogens (tertiary/aromatic N) is 1. The fourth-order valence-corrected chi connectivity index (χ4v) is 0.380. The molecule has 50 valence electrons. The predicted molar refractivity (Wildman–Crippen MR) is 40.0 cm³/mol. The lowest BCUT2D eigenvalue weighted by molar-refractivity contribution is 1.08. The van der Waals surface area contributed by atoms with Crippen LogP contribution in [0.2, 0.25) is 0 Å². The largest absolute Gasteiger partial charge is 0.278 e. The first-order chi connectivity index (χ1) is 4.43. The maximum Gasteiger partial charge on any atom is 0.0571 e. The predicted octanol–water partition coefficient (Wildman–Crippen LogP) is 2.08. The summed E-state index contributed by atoms with van der Waals surface area (Å²) in [5.74, 6) is 0. The van der Waals surface area contributed by atoms with E-state index >= 15 is 0 Å². The number of H-pyrrole nitrogens is 1. The van der Waals surface area contributed by atoms with Gasteiger partial charge in [-0.2, -0.15) is 5.10 Å². The number of aromatic nitrogens is 2. The fraction of sp³-hybridized carbons (Fsp3) is 0.286. The van der Waals surface area contributed by atoms with Gasteiger partial charge in [-0.25, -0.2) is 0 Å². The van der Waals surface area contributed by atoms with E-state index in [0.29, 0.717) is 0 Å². The van der Waals surface area contributed by atoms with Crippen molar-refractivity contribution in [1.82, 2.24) is 10.2 Å². The van der Waals surface area contributed by atoms with E-state index in [-0.39, 0.29) is 0 Å². The van der Waals surface area contributed by atoms with Crippen LogP contribution in [0.1, 0.15) is 19.5 Å². The van der Waals surface area contributed by atoms with Crippen molar-refractivity contribution >= 4 is 6.08 Å². The third-order valence-electron chi connectivity index (χ3n) is 0.742. The summed E-state index contributed by atoms with van der Waals surface area (Å²) in [6, 6.07) is 1.85. The number of hydrogen-bond donors (Lipinski definition) is 1. The first kappa shape index (κ1) is 7.95. The summed E-state index contributed by atoms with van der Waals surface area (Å²) in [5.41, 5.74) is 0.958. The van der Waals surface area contributed by atoms with Crippen molar-refractivity contribution in [2.75, 3.05) is 0 Å². The first-order valence-corrected chi connectivity index (χ1v) is 3.05. The Hall–Kier alpha value is -1.05. The second kappa shape index (κ2) is 5.09. The lowest BCUT2D eigenvalue weighted by atomic mass is 10.4. The summed E-state index contributed by atoms with van der Waals surface area (Å²) in [7, 11) is 0. The van der Waals surface area contributed by atoms with E-state index in [1.54, 1.807) is 12.3 Å². The van der Waals surface area contributed by atoms with Crippen LogP contribution in [0, 0.1) is 0 Å². The summed E-state index contributed by atoms with van der Waals surface area (Å²) in [6.07, 6.45) is 3.41.